The second-order valence-electron chi connectivity index (χ2n) is 3.77. The number of carbonyl (C=O) groups excluding carboxylic acids is 1. The van der Waals surface area contributed by atoms with Gasteiger partial charge in [-0.1, -0.05) is 29.8 Å². The van der Waals surface area contributed by atoms with Crippen LogP contribution in [0.25, 0.3) is 0 Å². The van der Waals surface area contributed by atoms with Gasteiger partial charge in [0.05, 0.1) is 18.3 Å². The molecule has 0 aliphatic heterocycles. The first-order valence-corrected chi connectivity index (χ1v) is 6.09. The van der Waals surface area contributed by atoms with E-state index in [2.05, 4.69) is 40.9 Å². The lowest BCUT2D eigenvalue weighted by Crippen LogP contribution is -1.96. The zero-order valence-corrected chi connectivity index (χ0v) is 10.6. The molecule has 1 aromatic heterocycles. The number of rotatable bonds is 3. The molecule has 88 valence electrons. The maximum Gasteiger partial charge on any atom is 0.349 e. The maximum atomic E-state index is 11.3. The Kier molecular flexibility index (Phi) is 3.54. The van der Waals surface area contributed by atoms with Gasteiger partial charge in [-0.3, -0.25) is 0 Å². The molecule has 0 saturated carbocycles. The molecule has 2 rings (SSSR count). The van der Waals surface area contributed by atoms with Crippen LogP contribution in [0.1, 0.15) is 25.8 Å². The molecule has 0 amide bonds. The van der Waals surface area contributed by atoms with Crippen molar-refractivity contribution in [1.29, 1.82) is 0 Å². The Morgan fingerprint density at radius 2 is 2.06 bits per heavy atom. The van der Waals surface area contributed by atoms with Crippen LogP contribution in [0.5, 0.6) is 0 Å². The molecule has 1 aromatic carbocycles. The number of nitrogens with zero attached hydrogens (tertiary/aromatic N) is 1. The van der Waals surface area contributed by atoms with Gasteiger partial charge < -0.3 is 4.74 Å². The van der Waals surface area contributed by atoms with Crippen LogP contribution in [0, 0.1) is 6.92 Å². The van der Waals surface area contributed by atoms with Crippen LogP contribution in [0.4, 0.5) is 0 Å². The molecule has 0 N–H and O–H groups in total. The second-order valence-corrected chi connectivity index (χ2v) is 4.89. The number of thiazole rings is 1. The molecule has 0 atom stereocenters. The second kappa shape index (κ2) is 5.10. The van der Waals surface area contributed by atoms with Crippen molar-refractivity contribution in [2.75, 3.05) is 7.11 Å². The molecular weight excluding hydrogens is 234 g/mol. The van der Waals surface area contributed by atoms with Crippen molar-refractivity contribution in [3.63, 3.8) is 0 Å². The van der Waals surface area contributed by atoms with E-state index in [4.69, 9.17) is 0 Å². The van der Waals surface area contributed by atoms with Gasteiger partial charge in [0.1, 0.15) is 4.88 Å². The van der Waals surface area contributed by atoms with Crippen LogP contribution >= 0.6 is 11.3 Å². The van der Waals surface area contributed by atoms with Gasteiger partial charge in [-0.2, -0.15) is 0 Å². The van der Waals surface area contributed by atoms with E-state index in [0.717, 1.165) is 11.4 Å². The van der Waals surface area contributed by atoms with E-state index >= 15 is 0 Å². The number of ether oxygens (including phenoxy) is 1. The fourth-order valence-corrected chi connectivity index (χ4v) is 2.34. The highest BCUT2D eigenvalue weighted by atomic mass is 32.1. The number of hydrogen-bond donors (Lipinski definition) is 0. The van der Waals surface area contributed by atoms with E-state index in [1.54, 1.807) is 6.20 Å². The molecule has 3 nitrogen and oxygen atoms in total. The van der Waals surface area contributed by atoms with Crippen molar-refractivity contribution < 1.29 is 9.53 Å². The molecule has 2 aromatic rings. The number of carbonyl (C=O) groups is 1. The first-order chi connectivity index (χ1) is 8.19. The molecule has 0 fully saturated rings. The first-order valence-electron chi connectivity index (χ1n) is 5.27. The van der Waals surface area contributed by atoms with E-state index in [9.17, 15) is 4.79 Å². The molecular formula is C13H13NO2S. The minimum absolute atomic E-state index is 0.322. The smallest absolute Gasteiger partial charge is 0.349 e. The SMILES string of the molecule is COC(=O)c1cnc(Cc2ccc(C)cc2)s1. The van der Waals surface area contributed by atoms with Crippen molar-refractivity contribution in [1.82, 2.24) is 4.98 Å². The summed E-state index contributed by atoms with van der Waals surface area (Å²) < 4.78 is 4.65. The summed E-state index contributed by atoms with van der Waals surface area (Å²) >= 11 is 1.38. The molecule has 0 bridgehead atoms. The Morgan fingerprint density at radius 3 is 2.71 bits per heavy atom. The Hall–Kier alpha value is -1.68. The van der Waals surface area contributed by atoms with Crippen LogP contribution in [0.2, 0.25) is 0 Å². The summed E-state index contributed by atoms with van der Waals surface area (Å²) in [5, 5.41) is 0.925. The molecule has 0 spiro atoms. The van der Waals surface area contributed by atoms with Gasteiger partial charge in [0.15, 0.2) is 0 Å². The summed E-state index contributed by atoms with van der Waals surface area (Å²) in [6.07, 6.45) is 2.32. The lowest BCUT2D eigenvalue weighted by atomic mass is 10.1. The van der Waals surface area contributed by atoms with Crippen molar-refractivity contribution in [2.45, 2.75) is 13.3 Å². The highest BCUT2D eigenvalue weighted by molar-refractivity contribution is 7.13. The van der Waals surface area contributed by atoms with E-state index in [1.165, 1.54) is 29.6 Å². The van der Waals surface area contributed by atoms with Crippen molar-refractivity contribution in [2.24, 2.45) is 0 Å². The topological polar surface area (TPSA) is 39.2 Å². The number of esters is 1. The first kappa shape index (κ1) is 11.8. The van der Waals surface area contributed by atoms with Crippen molar-refractivity contribution in [3.05, 3.63) is 51.5 Å². The van der Waals surface area contributed by atoms with Gasteiger partial charge in [-0.15, -0.1) is 11.3 Å². The molecule has 0 aliphatic rings. The summed E-state index contributed by atoms with van der Waals surface area (Å²) in [5.41, 5.74) is 2.43. The zero-order chi connectivity index (χ0) is 12.3. The average Bonchev–Trinajstić information content (AvgIpc) is 2.80. The summed E-state index contributed by atoms with van der Waals surface area (Å²) in [6, 6.07) is 8.30. The van der Waals surface area contributed by atoms with Crippen LogP contribution in [0.15, 0.2) is 30.5 Å². The molecule has 0 saturated heterocycles. The van der Waals surface area contributed by atoms with Gasteiger partial charge in [-0.25, -0.2) is 9.78 Å². The standard InChI is InChI=1S/C13H13NO2S/c1-9-3-5-10(6-4-9)7-12-14-8-11(17-12)13(15)16-2/h3-6,8H,7H2,1-2H3. The number of aromatic nitrogens is 1. The van der Waals surface area contributed by atoms with E-state index < -0.39 is 0 Å². The Morgan fingerprint density at radius 1 is 1.35 bits per heavy atom. The lowest BCUT2D eigenvalue weighted by molar-refractivity contribution is 0.0606. The highest BCUT2D eigenvalue weighted by Crippen LogP contribution is 2.17. The Bertz CT molecular complexity index is 516. The maximum absolute atomic E-state index is 11.3. The lowest BCUT2D eigenvalue weighted by Gasteiger charge is -1.98. The summed E-state index contributed by atoms with van der Waals surface area (Å²) in [7, 11) is 1.38. The van der Waals surface area contributed by atoms with Crippen LogP contribution in [0.3, 0.4) is 0 Å². The van der Waals surface area contributed by atoms with E-state index in [-0.39, 0.29) is 5.97 Å². The average molecular weight is 247 g/mol. The predicted molar refractivity (Wildman–Crippen MR) is 67.4 cm³/mol. The molecule has 0 unspecified atom stereocenters. The van der Waals surface area contributed by atoms with Gasteiger partial charge in [0, 0.05) is 6.42 Å². The zero-order valence-electron chi connectivity index (χ0n) is 9.77. The number of benzene rings is 1. The van der Waals surface area contributed by atoms with Crippen molar-refractivity contribution in [3.8, 4) is 0 Å². The molecule has 4 heteroatoms. The Labute approximate surface area is 104 Å². The number of hydrogen-bond acceptors (Lipinski definition) is 4. The summed E-state index contributed by atoms with van der Waals surface area (Å²) in [6.45, 7) is 2.06. The van der Waals surface area contributed by atoms with Gasteiger partial charge in [0.25, 0.3) is 0 Å². The van der Waals surface area contributed by atoms with Gasteiger partial charge in [0.2, 0.25) is 0 Å². The van der Waals surface area contributed by atoms with Gasteiger partial charge >= 0.3 is 5.97 Å². The summed E-state index contributed by atoms with van der Waals surface area (Å²) in [4.78, 5) is 16.0. The minimum Gasteiger partial charge on any atom is -0.465 e. The Balaban J connectivity index is 2.11. The third kappa shape index (κ3) is 2.91. The fraction of sp³-hybridized carbons (Fsp3) is 0.231. The predicted octanol–water partition coefficient (Wildman–Crippen LogP) is 2.83. The van der Waals surface area contributed by atoms with Crippen LogP contribution in [-0.2, 0) is 11.2 Å². The fourth-order valence-electron chi connectivity index (χ4n) is 1.47. The van der Waals surface area contributed by atoms with Crippen LogP contribution in [-0.4, -0.2) is 18.1 Å². The number of methoxy groups -OCH3 is 1. The molecule has 0 radical (unpaired) electrons. The highest BCUT2D eigenvalue weighted by Gasteiger charge is 2.10. The third-order valence-corrected chi connectivity index (χ3v) is 3.39. The van der Waals surface area contributed by atoms with Gasteiger partial charge in [-0.05, 0) is 12.5 Å². The monoisotopic (exact) mass is 247 g/mol. The van der Waals surface area contributed by atoms with Crippen LogP contribution < -0.4 is 0 Å². The van der Waals surface area contributed by atoms with E-state index in [0.29, 0.717) is 4.88 Å². The quantitative estimate of drug-likeness (QED) is 0.783. The normalized spacial score (nSPS) is 10.2. The minimum atomic E-state index is -0.322. The molecule has 17 heavy (non-hydrogen) atoms. The largest absolute Gasteiger partial charge is 0.465 e. The molecule has 0 aliphatic carbocycles. The third-order valence-electron chi connectivity index (χ3n) is 2.42. The molecule has 1 heterocycles. The number of aryl methyl sites for hydroxylation is 1. The van der Waals surface area contributed by atoms with Crippen molar-refractivity contribution >= 4 is 17.3 Å². The summed E-state index contributed by atoms with van der Waals surface area (Å²) in [5.74, 6) is -0.322. The van der Waals surface area contributed by atoms with E-state index in [1.807, 2.05) is 0 Å².